The van der Waals surface area contributed by atoms with Gasteiger partial charge in [0, 0.05) is 24.4 Å². The fraction of sp³-hybridized carbons (Fsp3) is 0.357. The lowest BCUT2D eigenvalue weighted by Crippen LogP contribution is -2.07. The molecule has 22 heavy (non-hydrogen) atoms. The van der Waals surface area contributed by atoms with Gasteiger partial charge >= 0.3 is 5.97 Å². The molecule has 0 saturated carbocycles. The van der Waals surface area contributed by atoms with Gasteiger partial charge in [-0.05, 0) is 24.1 Å². The molecule has 2 N–H and O–H groups in total. The topological polar surface area (TPSA) is 93.6 Å². The Morgan fingerprint density at radius 3 is 2.59 bits per heavy atom. The van der Waals surface area contributed by atoms with Crippen LogP contribution in [0.2, 0.25) is 5.28 Å². The maximum absolute atomic E-state index is 10.5. The number of carbonyl (C=O) groups is 1. The quantitative estimate of drug-likeness (QED) is 0.597. The van der Waals surface area contributed by atoms with Gasteiger partial charge in [0.15, 0.2) is 11.5 Å². The maximum Gasteiger partial charge on any atom is 0.303 e. The lowest BCUT2D eigenvalue weighted by Gasteiger charge is -2.12. The van der Waals surface area contributed by atoms with E-state index in [2.05, 4.69) is 15.3 Å². The lowest BCUT2D eigenvalue weighted by molar-refractivity contribution is -0.137. The van der Waals surface area contributed by atoms with E-state index in [1.807, 2.05) is 0 Å². The van der Waals surface area contributed by atoms with Gasteiger partial charge in [-0.3, -0.25) is 4.79 Å². The van der Waals surface area contributed by atoms with E-state index in [0.717, 1.165) is 5.39 Å². The molecule has 0 aliphatic rings. The van der Waals surface area contributed by atoms with Crippen LogP contribution < -0.4 is 14.8 Å². The minimum atomic E-state index is -0.834. The van der Waals surface area contributed by atoms with E-state index >= 15 is 0 Å². The molecule has 0 unspecified atom stereocenters. The Bertz CT molecular complexity index is 693. The molecule has 7 nitrogen and oxygen atoms in total. The number of fused-ring (bicyclic) bond motifs is 1. The third-order valence-electron chi connectivity index (χ3n) is 3.03. The lowest BCUT2D eigenvalue weighted by atomic mass is 10.2. The predicted octanol–water partition coefficient (Wildman–Crippen LogP) is 2.58. The average Bonchev–Trinajstić information content (AvgIpc) is 2.49. The molecular formula is C14H16ClN3O4. The highest BCUT2D eigenvalue weighted by Gasteiger charge is 2.12. The van der Waals surface area contributed by atoms with E-state index in [1.165, 1.54) is 7.11 Å². The van der Waals surface area contributed by atoms with Gasteiger partial charge in [-0.15, -0.1) is 0 Å². The number of benzene rings is 1. The van der Waals surface area contributed by atoms with Gasteiger partial charge in [-0.25, -0.2) is 9.97 Å². The van der Waals surface area contributed by atoms with Crippen molar-refractivity contribution in [3.05, 3.63) is 17.4 Å². The molecule has 1 heterocycles. The molecule has 8 heteroatoms. The average molecular weight is 326 g/mol. The standard InChI is InChI=1S/C14H16ClN3O4/c1-21-10-6-8-9(7-11(10)22-2)17-14(15)18-13(8)16-5-3-4-12(19)20/h6-7H,3-5H2,1-2H3,(H,19,20)(H,16,17,18). The second kappa shape index (κ2) is 7.13. The second-order valence-electron chi connectivity index (χ2n) is 4.49. The Morgan fingerprint density at radius 1 is 1.27 bits per heavy atom. The third kappa shape index (κ3) is 3.67. The smallest absolute Gasteiger partial charge is 0.303 e. The van der Waals surface area contributed by atoms with E-state index in [1.54, 1.807) is 19.2 Å². The Balaban J connectivity index is 2.33. The van der Waals surface area contributed by atoms with Crippen molar-refractivity contribution in [1.82, 2.24) is 9.97 Å². The van der Waals surface area contributed by atoms with E-state index in [4.69, 9.17) is 26.2 Å². The molecule has 118 valence electrons. The number of methoxy groups -OCH3 is 2. The summed E-state index contributed by atoms with van der Waals surface area (Å²) in [6.45, 7) is 0.461. The van der Waals surface area contributed by atoms with E-state index in [0.29, 0.717) is 35.8 Å². The van der Waals surface area contributed by atoms with Gasteiger partial charge in [0.05, 0.1) is 19.7 Å². The normalized spacial score (nSPS) is 10.5. The number of anilines is 1. The van der Waals surface area contributed by atoms with Crippen LogP contribution in [0.3, 0.4) is 0 Å². The summed E-state index contributed by atoms with van der Waals surface area (Å²) in [6.07, 6.45) is 0.562. The second-order valence-corrected chi connectivity index (χ2v) is 4.83. The van der Waals surface area contributed by atoms with Crippen LogP contribution in [-0.2, 0) is 4.79 Å². The van der Waals surface area contributed by atoms with E-state index < -0.39 is 5.97 Å². The van der Waals surface area contributed by atoms with Crippen molar-refractivity contribution in [1.29, 1.82) is 0 Å². The molecule has 2 aromatic rings. The molecule has 0 bridgehead atoms. The fourth-order valence-corrected chi connectivity index (χ4v) is 2.18. The van der Waals surface area contributed by atoms with E-state index in [-0.39, 0.29) is 11.7 Å². The van der Waals surface area contributed by atoms with Crippen molar-refractivity contribution in [2.45, 2.75) is 12.8 Å². The molecule has 0 aliphatic heterocycles. The van der Waals surface area contributed by atoms with Crippen LogP contribution in [0.25, 0.3) is 10.9 Å². The summed E-state index contributed by atoms with van der Waals surface area (Å²) >= 11 is 5.93. The molecule has 0 fully saturated rings. The van der Waals surface area contributed by atoms with Crippen molar-refractivity contribution >= 4 is 34.3 Å². The number of aromatic nitrogens is 2. The zero-order valence-corrected chi connectivity index (χ0v) is 13.0. The number of hydrogen-bond acceptors (Lipinski definition) is 6. The molecular weight excluding hydrogens is 310 g/mol. The van der Waals surface area contributed by atoms with Gasteiger partial charge < -0.3 is 19.9 Å². The number of nitrogens with zero attached hydrogens (tertiary/aromatic N) is 2. The van der Waals surface area contributed by atoms with Gasteiger partial charge in [0.1, 0.15) is 5.82 Å². The Kier molecular flexibility index (Phi) is 5.21. The maximum atomic E-state index is 10.5. The number of halogens is 1. The first-order chi connectivity index (χ1) is 10.5. The number of nitrogens with one attached hydrogen (secondary N) is 1. The number of hydrogen-bond donors (Lipinski definition) is 2. The summed E-state index contributed by atoms with van der Waals surface area (Å²) in [6, 6.07) is 3.47. The molecule has 0 aliphatic carbocycles. The summed E-state index contributed by atoms with van der Waals surface area (Å²) in [5.74, 6) is 0.788. The summed E-state index contributed by atoms with van der Waals surface area (Å²) < 4.78 is 10.5. The Labute approximate surface area is 132 Å². The molecule has 0 spiro atoms. The number of carboxylic acid groups (broad SMARTS) is 1. The highest BCUT2D eigenvalue weighted by molar-refractivity contribution is 6.28. The van der Waals surface area contributed by atoms with Gasteiger partial charge in [0.25, 0.3) is 0 Å². The van der Waals surface area contributed by atoms with Gasteiger partial charge in [-0.2, -0.15) is 0 Å². The summed E-state index contributed by atoms with van der Waals surface area (Å²) in [7, 11) is 3.08. The first-order valence-electron chi connectivity index (χ1n) is 6.60. The van der Waals surface area contributed by atoms with Gasteiger partial charge in [0.2, 0.25) is 5.28 Å². The van der Waals surface area contributed by atoms with E-state index in [9.17, 15) is 4.79 Å². The zero-order chi connectivity index (χ0) is 16.1. The predicted molar refractivity (Wildman–Crippen MR) is 83.0 cm³/mol. The Hall–Kier alpha value is -2.28. The van der Waals surface area contributed by atoms with Crippen LogP contribution in [0.4, 0.5) is 5.82 Å². The van der Waals surface area contributed by atoms with Gasteiger partial charge in [-0.1, -0.05) is 0 Å². The molecule has 0 saturated heterocycles. The number of rotatable bonds is 7. The monoisotopic (exact) mass is 325 g/mol. The number of aliphatic carboxylic acids is 1. The fourth-order valence-electron chi connectivity index (χ4n) is 2.01. The molecule has 1 aromatic carbocycles. The molecule has 0 atom stereocenters. The summed E-state index contributed by atoms with van der Waals surface area (Å²) in [5.41, 5.74) is 0.610. The van der Waals surface area contributed by atoms with Crippen LogP contribution >= 0.6 is 11.6 Å². The van der Waals surface area contributed by atoms with Crippen LogP contribution in [0, 0.1) is 0 Å². The van der Waals surface area contributed by atoms with Crippen molar-refractivity contribution in [3.63, 3.8) is 0 Å². The van der Waals surface area contributed by atoms with Crippen LogP contribution in [0.5, 0.6) is 11.5 Å². The zero-order valence-electron chi connectivity index (χ0n) is 12.2. The van der Waals surface area contributed by atoms with Crippen molar-refractivity contribution in [2.24, 2.45) is 0 Å². The van der Waals surface area contributed by atoms with Crippen LogP contribution in [0.1, 0.15) is 12.8 Å². The van der Waals surface area contributed by atoms with Crippen molar-refractivity contribution in [3.8, 4) is 11.5 Å². The number of ether oxygens (including phenoxy) is 2. The third-order valence-corrected chi connectivity index (χ3v) is 3.20. The minimum absolute atomic E-state index is 0.0842. The molecule has 0 radical (unpaired) electrons. The first kappa shape index (κ1) is 16.1. The first-order valence-corrected chi connectivity index (χ1v) is 6.98. The number of carboxylic acids is 1. The minimum Gasteiger partial charge on any atom is -0.493 e. The van der Waals surface area contributed by atoms with Crippen LogP contribution in [-0.4, -0.2) is 41.8 Å². The van der Waals surface area contributed by atoms with Crippen LogP contribution in [0.15, 0.2) is 12.1 Å². The van der Waals surface area contributed by atoms with Crippen molar-refractivity contribution in [2.75, 3.05) is 26.1 Å². The largest absolute Gasteiger partial charge is 0.493 e. The summed E-state index contributed by atoms with van der Waals surface area (Å²) in [4.78, 5) is 18.8. The Morgan fingerprint density at radius 2 is 1.95 bits per heavy atom. The molecule has 0 amide bonds. The molecule has 2 rings (SSSR count). The highest BCUT2D eigenvalue weighted by atomic mass is 35.5. The van der Waals surface area contributed by atoms with Crippen molar-refractivity contribution < 1.29 is 19.4 Å². The highest BCUT2D eigenvalue weighted by Crippen LogP contribution is 2.34. The molecule has 1 aromatic heterocycles. The summed E-state index contributed by atoms with van der Waals surface area (Å²) in [5, 5.41) is 12.5. The SMILES string of the molecule is COc1cc2nc(Cl)nc(NCCCC(=O)O)c2cc1OC.